The van der Waals surface area contributed by atoms with Gasteiger partial charge in [0.2, 0.25) is 0 Å². The van der Waals surface area contributed by atoms with E-state index >= 15 is 0 Å². The fourth-order valence-corrected chi connectivity index (χ4v) is 2.99. The predicted octanol–water partition coefficient (Wildman–Crippen LogP) is 1.10. The molecule has 0 saturated carbocycles. The van der Waals surface area contributed by atoms with E-state index in [1.54, 1.807) is 0 Å². The summed E-state index contributed by atoms with van der Waals surface area (Å²) in [5.74, 6) is -0.238. The third kappa shape index (κ3) is 1.09. The predicted molar refractivity (Wildman–Crippen MR) is 46.1 cm³/mol. The van der Waals surface area contributed by atoms with E-state index in [0.29, 0.717) is 0 Å². The van der Waals surface area contributed by atoms with Crippen LogP contribution < -0.4 is 0 Å². The van der Waals surface area contributed by atoms with Gasteiger partial charge in [-0.05, 0) is 12.8 Å². The van der Waals surface area contributed by atoms with Crippen LogP contribution in [0.4, 0.5) is 0 Å². The van der Waals surface area contributed by atoms with Crippen LogP contribution in [-0.4, -0.2) is 30.1 Å². The highest BCUT2D eigenvalue weighted by Gasteiger charge is 2.51. The summed E-state index contributed by atoms with van der Waals surface area (Å²) in [6, 6.07) is 0. The third-order valence-electron chi connectivity index (χ3n) is 2.66. The highest BCUT2D eigenvalue weighted by atomic mass is 79.9. The SMILES string of the molecule is COC(=O)C1C2CCC(O2)C1Br. The molecule has 12 heavy (non-hydrogen) atoms. The molecule has 2 rings (SSSR count). The summed E-state index contributed by atoms with van der Waals surface area (Å²) in [6.45, 7) is 0. The third-order valence-corrected chi connectivity index (χ3v) is 3.82. The Morgan fingerprint density at radius 3 is 2.67 bits per heavy atom. The van der Waals surface area contributed by atoms with Gasteiger partial charge in [-0.25, -0.2) is 0 Å². The van der Waals surface area contributed by atoms with Crippen LogP contribution >= 0.6 is 15.9 Å². The molecule has 3 nitrogen and oxygen atoms in total. The van der Waals surface area contributed by atoms with Crippen molar-refractivity contribution in [2.75, 3.05) is 7.11 Å². The normalized spacial score (nSPS) is 44.8. The smallest absolute Gasteiger partial charge is 0.312 e. The molecule has 0 N–H and O–H groups in total. The number of carbonyl (C=O) groups is 1. The molecule has 0 radical (unpaired) electrons. The Kier molecular flexibility index (Phi) is 2.12. The largest absolute Gasteiger partial charge is 0.469 e. The zero-order valence-electron chi connectivity index (χ0n) is 6.83. The van der Waals surface area contributed by atoms with Crippen molar-refractivity contribution in [1.29, 1.82) is 0 Å². The molecule has 68 valence electrons. The number of methoxy groups -OCH3 is 1. The van der Waals surface area contributed by atoms with Gasteiger partial charge in [0, 0.05) is 0 Å². The van der Waals surface area contributed by atoms with E-state index in [0.717, 1.165) is 12.8 Å². The molecular formula is C8H11BrO3. The van der Waals surface area contributed by atoms with Gasteiger partial charge in [0.25, 0.3) is 0 Å². The molecule has 0 spiro atoms. The molecule has 0 aromatic heterocycles. The number of esters is 1. The molecule has 4 atom stereocenters. The fourth-order valence-electron chi connectivity index (χ4n) is 2.04. The summed E-state index contributed by atoms with van der Waals surface area (Å²) in [6.07, 6.45) is 2.37. The average molecular weight is 235 g/mol. The second-order valence-electron chi connectivity index (χ2n) is 3.28. The van der Waals surface area contributed by atoms with Crippen LogP contribution in [0.15, 0.2) is 0 Å². The average Bonchev–Trinajstić information content (AvgIpc) is 2.63. The number of halogens is 1. The number of rotatable bonds is 1. The molecule has 2 aliphatic rings. The number of fused-ring (bicyclic) bond motifs is 2. The van der Waals surface area contributed by atoms with Gasteiger partial charge in [-0.15, -0.1) is 0 Å². The van der Waals surface area contributed by atoms with Crippen molar-refractivity contribution < 1.29 is 14.3 Å². The summed E-state index contributed by atoms with van der Waals surface area (Å²) in [5.41, 5.74) is 0. The van der Waals surface area contributed by atoms with Crippen LogP contribution in [0, 0.1) is 5.92 Å². The number of hydrogen-bond acceptors (Lipinski definition) is 3. The molecule has 0 amide bonds. The Morgan fingerprint density at radius 1 is 1.50 bits per heavy atom. The van der Waals surface area contributed by atoms with Gasteiger partial charge in [-0.3, -0.25) is 4.79 Å². The van der Waals surface area contributed by atoms with Crippen molar-refractivity contribution in [3.8, 4) is 0 Å². The zero-order chi connectivity index (χ0) is 8.72. The molecule has 0 aromatic carbocycles. The summed E-state index contributed by atoms with van der Waals surface area (Å²) in [4.78, 5) is 11.4. The number of carbonyl (C=O) groups excluding carboxylic acids is 1. The lowest BCUT2D eigenvalue weighted by molar-refractivity contribution is -0.146. The minimum atomic E-state index is -0.149. The van der Waals surface area contributed by atoms with Crippen molar-refractivity contribution >= 4 is 21.9 Å². The van der Waals surface area contributed by atoms with E-state index in [1.165, 1.54) is 7.11 Å². The van der Waals surface area contributed by atoms with E-state index in [2.05, 4.69) is 15.9 Å². The first kappa shape index (κ1) is 8.51. The van der Waals surface area contributed by atoms with Crippen molar-refractivity contribution in [2.24, 2.45) is 5.92 Å². The Balaban J connectivity index is 2.12. The molecule has 2 aliphatic heterocycles. The van der Waals surface area contributed by atoms with E-state index in [1.807, 2.05) is 0 Å². The van der Waals surface area contributed by atoms with Crippen molar-refractivity contribution in [3.63, 3.8) is 0 Å². The number of alkyl halides is 1. The lowest BCUT2D eigenvalue weighted by atomic mass is 9.89. The molecule has 4 unspecified atom stereocenters. The second-order valence-corrected chi connectivity index (χ2v) is 4.34. The van der Waals surface area contributed by atoms with Crippen LogP contribution in [-0.2, 0) is 14.3 Å². The monoisotopic (exact) mass is 234 g/mol. The maximum Gasteiger partial charge on any atom is 0.312 e. The first-order valence-electron chi connectivity index (χ1n) is 4.11. The molecule has 4 heteroatoms. The van der Waals surface area contributed by atoms with Crippen LogP contribution in [0.25, 0.3) is 0 Å². The van der Waals surface area contributed by atoms with Gasteiger partial charge in [0.15, 0.2) is 0 Å². The van der Waals surface area contributed by atoms with Crippen LogP contribution in [0.5, 0.6) is 0 Å². The lowest BCUT2D eigenvalue weighted by Crippen LogP contribution is -2.34. The van der Waals surface area contributed by atoms with Gasteiger partial charge >= 0.3 is 5.97 Å². The van der Waals surface area contributed by atoms with Crippen LogP contribution in [0.2, 0.25) is 0 Å². The van der Waals surface area contributed by atoms with Crippen LogP contribution in [0.3, 0.4) is 0 Å². The van der Waals surface area contributed by atoms with Crippen molar-refractivity contribution in [1.82, 2.24) is 0 Å². The van der Waals surface area contributed by atoms with Crippen molar-refractivity contribution in [3.05, 3.63) is 0 Å². The molecule has 2 fully saturated rings. The summed E-state index contributed by atoms with van der Waals surface area (Å²) >= 11 is 3.48. The number of hydrogen-bond donors (Lipinski definition) is 0. The van der Waals surface area contributed by atoms with Gasteiger partial charge in [0.05, 0.1) is 30.1 Å². The second kappa shape index (κ2) is 3.00. The maximum absolute atomic E-state index is 11.3. The minimum absolute atomic E-state index is 0.0891. The summed E-state index contributed by atoms with van der Waals surface area (Å²) in [5, 5.41) is 0. The Labute approximate surface area is 79.5 Å². The highest BCUT2D eigenvalue weighted by molar-refractivity contribution is 9.09. The van der Waals surface area contributed by atoms with E-state index in [4.69, 9.17) is 9.47 Å². The maximum atomic E-state index is 11.3. The lowest BCUT2D eigenvalue weighted by Gasteiger charge is -2.20. The quantitative estimate of drug-likeness (QED) is 0.504. The Hall–Kier alpha value is -0.0900. The van der Waals surface area contributed by atoms with E-state index < -0.39 is 0 Å². The summed E-state index contributed by atoms with van der Waals surface area (Å²) < 4.78 is 10.3. The van der Waals surface area contributed by atoms with Gasteiger partial charge in [0.1, 0.15) is 0 Å². The zero-order valence-corrected chi connectivity index (χ0v) is 8.41. The Bertz CT molecular complexity index is 204. The molecular weight excluding hydrogens is 224 g/mol. The van der Waals surface area contributed by atoms with Gasteiger partial charge in [-0.2, -0.15) is 0 Å². The highest BCUT2D eigenvalue weighted by Crippen LogP contribution is 2.43. The molecule has 2 bridgehead atoms. The van der Waals surface area contributed by atoms with Gasteiger partial charge in [-0.1, -0.05) is 15.9 Å². The van der Waals surface area contributed by atoms with Gasteiger partial charge < -0.3 is 9.47 Å². The molecule has 0 aliphatic carbocycles. The van der Waals surface area contributed by atoms with E-state index in [9.17, 15) is 4.79 Å². The topological polar surface area (TPSA) is 35.5 Å². The molecule has 0 aromatic rings. The number of ether oxygens (including phenoxy) is 2. The standard InChI is InChI=1S/C8H11BrO3/c1-11-8(10)6-4-2-3-5(12-4)7(6)9/h4-7H,2-3H2,1H3. The molecule has 2 saturated heterocycles. The van der Waals surface area contributed by atoms with Crippen molar-refractivity contribution in [2.45, 2.75) is 29.9 Å². The van der Waals surface area contributed by atoms with E-state index in [-0.39, 0.29) is 28.9 Å². The summed E-state index contributed by atoms with van der Waals surface area (Å²) in [7, 11) is 1.42. The Morgan fingerprint density at radius 2 is 2.17 bits per heavy atom. The van der Waals surface area contributed by atoms with Crippen LogP contribution in [0.1, 0.15) is 12.8 Å². The molecule has 2 heterocycles. The first-order valence-corrected chi connectivity index (χ1v) is 5.03. The first-order chi connectivity index (χ1) is 5.74. The minimum Gasteiger partial charge on any atom is -0.469 e. The fraction of sp³-hybridized carbons (Fsp3) is 0.875.